The smallest absolute Gasteiger partial charge is 0.306 e. The van der Waals surface area contributed by atoms with Gasteiger partial charge in [0, 0.05) is 23.6 Å². The number of rotatable bonds is 8. The molecule has 1 aliphatic heterocycles. The quantitative estimate of drug-likeness (QED) is 0.198. The van der Waals surface area contributed by atoms with Crippen LogP contribution in [-0.4, -0.2) is 52.5 Å². The number of hydrogen-bond donors (Lipinski definition) is 3. The fourth-order valence-corrected chi connectivity index (χ4v) is 5.72. The summed E-state index contributed by atoms with van der Waals surface area (Å²) in [5.41, 5.74) is 7.28. The largest absolute Gasteiger partial charge is 0.461 e. The zero-order valence-corrected chi connectivity index (χ0v) is 27.3. The fraction of sp³-hybridized carbons (Fsp3) is 0.636. The van der Waals surface area contributed by atoms with E-state index in [4.69, 9.17) is 10.5 Å². The number of ketones is 1. The molecule has 42 heavy (non-hydrogen) atoms. The van der Waals surface area contributed by atoms with E-state index in [-0.39, 0.29) is 36.5 Å². The van der Waals surface area contributed by atoms with Gasteiger partial charge in [-0.15, -0.1) is 11.3 Å². The van der Waals surface area contributed by atoms with E-state index in [0.29, 0.717) is 25.8 Å². The number of amides is 1. The maximum atomic E-state index is 13.8. The van der Waals surface area contributed by atoms with Crippen molar-refractivity contribution in [2.24, 2.45) is 23.0 Å². The predicted molar refractivity (Wildman–Crippen MR) is 170 cm³/mol. The molecule has 4 N–H and O–H groups in total. The van der Waals surface area contributed by atoms with Gasteiger partial charge in [0.1, 0.15) is 11.9 Å². The number of aliphatic hydroxyl groups excluding tert-OH is 1. The van der Waals surface area contributed by atoms with E-state index < -0.39 is 29.5 Å². The van der Waals surface area contributed by atoms with Gasteiger partial charge in [-0.3, -0.25) is 14.4 Å². The molecule has 0 radical (unpaired) electrons. The van der Waals surface area contributed by atoms with Crippen LogP contribution in [0.5, 0.6) is 0 Å². The molecule has 2 rings (SSSR count). The van der Waals surface area contributed by atoms with Crippen molar-refractivity contribution in [3.8, 4) is 0 Å². The van der Waals surface area contributed by atoms with Crippen molar-refractivity contribution in [3.63, 3.8) is 0 Å². The van der Waals surface area contributed by atoms with Crippen LogP contribution in [-0.2, 0) is 19.1 Å². The van der Waals surface area contributed by atoms with Gasteiger partial charge in [-0.05, 0) is 78.5 Å². The van der Waals surface area contributed by atoms with Gasteiger partial charge in [0.25, 0.3) is 0 Å². The summed E-state index contributed by atoms with van der Waals surface area (Å²) in [6.45, 7) is 13.5. The number of aliphatic hydroxyl groups is 1. The number of Topliss-reactive ketones (excluding diaryl/α,β-unsaturated/α-hetero) is 1. The first kappa shape index (κ1) is 35.6. The number of nitrogens with two attached hydrogens (primary N) is 1. The molecule has 9 heteroatoms. The number of nitrogens with one attached hydrogen (secondary N) is 1. The number of carbonyl (C=O) groups is 3. The molecule has 0 aromatic carbocycles. The normalized spacial score (nSPS) is 28.5. The maximum absolute atomic E-state index is 13.8. The Kier molecular flexibility index (Phi) is 14.3. The van der Waals surface area contributed by atoms with Crippen LogP contribution in [0.25, 0.3) is 6.08 Å². The van der Waals surface area contributed by atoms with E-state index in [2.05, 4.69) is 16.4 Å². The second kappa shape index (κ2) is 16.9. The van der Waals surface area contributed by atoms with Crippen LogP contribution in [0, 0.1) is 24.2 Å². The summed E-state index contributed by atoms with van der Waals surface area (Å²) >= 11 is 1.57. The maximum Gasteiger partial charge on any atom is 0.306 e. The third kappa shape index (κ3) is 10.9. The minimum Gasteiger partial charge on any atom is -0.461 e. The van der Waals surface area contributed by atoms with Crippen molar-refractivity contribution in [1.29, 1.82) is 0 Å². The monoisotopic (exact) mass is 601 g/mol. The molecule has 1 aliphatic rings. The SMILES string of the molecule is C/C1=C/C[C@@H](/C(C)=C/c2csc(C)n2)NC(=O)C[C@H](OC(=O)CCCCCN)C(C)(C)C(=O)[C@H](C)[C@@H](O)[C@@H](C)/C=C\C1. The van der Waals surface area contributed by atoms with E-state index >= 15 is 0 Å². The van der Waals surface area contributed by atoms with Crippen LogP contribution in [0.2, 0.25) is 0 Å². The summed E-state index contributed by atoms with van der Waals surface area (Å²) in [7, 11) is 0. The van der Waals surface area contributed by atoms with Crippen molar-refractivity contribution in [2.75, 3.05) is 6.54 Å². The highest BCUT2D eigenvalue weighted by Crippen LogP contribution is 2.33. The van der Waals surface area contributed by atoms with E-state index in [9.17, 15) is 19.5 Å². The topological polar surface area (TPSA) is 132 Å². The third-order valence-electron chi connectivity index (χ3n) is 8.11. The zero-order valence-electron chi connectivity index (χ0n) is 26.4. The standard InChI is InChI=1S/C33H51N3O5S/c1-21-12-11-13-22(2)31(39)24(4)32(40)33(6,7)28(41-30(38)14-9-8-10-17-34)19-29(37)36-27(16-15-21)23(3)18-26-20-42-25(5)35-26/h11,13,15,18,20,22,24,27-28,31,39H,8-10,12,14,16-17,19,34H2,1-7H3,(H,36,37)/b13-11-,21-15-,23-18+/t22-,24+,27-,28-,31-/m0/s1. The van der Waals surface area contributed by atoms with Gasteiger partial charge in [-0.1, -0.05) is 44.1 Å². The van der Waals surface area contributed by atoms with Gasteiger partial charge >= 0.3 is 5.97 Å². The lowest BCUT2D eigenvalue weighted by Crippen LogP contribution is -2.48. The molecule has 1 amide bonds. The number of aromatic nitrogens is 1. The Labute approximate surface area is 255 Å². The van der Waals surface area contributed by atoms with Gasteiger partial charge in [-0.2, -0.15) is 0 Å². The molecule has 0 saturated carbocycles. The van der Waals surface area contributed by atoms with Crippen LogP contribution in [0.15, 0.2) is 34.8 Å². The second-order valence-electron chi connectivity index (χ2n) is 12.2. The molecule has 0 aliphatic carbocycles. The molecular formula is C33H51N3O5S. The molecule has 234 valence electrons. The van der Waals surface area contributed by atoms with Crippen molar-refractivity contribution in [3.05, 3.63) is 45.5 Å². The number of aryl methyl sites for hydroxylation is 1. The van der Waals surface area contributed by atoms with Crippen LogP contribution < -0.4 is 11.1 Å². The summed E-state index contributed by atoms with van der Waals surface area (Å²) in [5, 5.41) is 17.1. The van der Waals surface area contributed by atoms with E-state index in [1.165, 1.54) is 0 Å². The predicted octanol–water partition coefficient (Wildman–Crippen LogP) is 5.69. The minimum absolute atomic E-state index is 0.173. The average molecular weight is 602 g/mol. The number of esters is 1. The average Bonchev–Trinajstić information content (AvgIpc) is 3.35. The zero-order chi connectivity index (χ0) is 31.4. The molecule has 0 saturated heterocycles. The van der Waals surface area contributed by atoms with E-state index in [1.807, 2.05) is 51.3 Å². The molecular weight excluding hydrogens is 550 g/mol. The number of unbranched alkanes of at least 4 members (excludes halogenated alkanes) is 2. The third-order valence-corrected chi connectivity index (χ3v) is 8.90. The Balaban J connectivity index is 2.44. The molecule has 0 fully saturated rings. The van der Waals surface area contributed by atoms with Gasteiger partial charge in [0.2, 0.25) is 5.91 Å². The first-order chi connectivity index (χ1) is 19.8. The summed E-state index contributed by atoms with van der Waals surface area (Å²) in [4.78, 5) is 44.8. The molecule has 8 nitrogen and oxygen atoms in total. The summed E-state index contributed by atoms with van der Waals surface area (Å²) in [6.07, 6.45) is 9.64. The lowest BCUT2D eigenvalue weighted by molar-refractivity contribution is -0.162. The van der Waals surface area contributed by atoms with Crippen molar-refractivity contribution in [1.82, 2.24) is 10.3 Å². The lowest BCUT2D eigenvalue weighted by atomic mass is 9.73. The van der Waals surface area contributed by atoms with Crippen LogP contribution in [0.3, 0.4) is 0 Å². The Hall–Kier alpha value is -2.62. The highest BCUT2D eigenvalue weighted by atomic mass is 32.1. The fourth-order valence-electron chi connectivity index (χ4n) is 5.15. The van der Waals surface area contributed by atoms with E-state index in [1.54, 1.807) is 32.1 Å². The highest BCUT2D eigenvalue weighted by Gasteiger charge is 2.44. The first-order valence-corrected chi connectivity index (χ1v) is 16.0. The van der Waals surface area contributed by atoms with Crippen LogP contribution in [0.1, 0.15) is 97.2 Å². The number of allylic oxidation sites excluding steroid dienone is 2. The van der Waals surface area contributed by atoms with Gasteiger partial charge in [-0.25, -0.2) is 4.98 Å². The number of nitrogens with zero attached hydrogens (tertiary/aromatic N) is 1. The summed E-state index contributed by atoms with van der Waals surface area (Å²) in [6, 6.07) is -0.308. The molecule has 0 bridgehead atoms. The van der Waals surface area contributed by atoms with E-state index in [0.717, 1.165) is 34.7 Å². The number of carbonyl (C=O) groups excluding carboxylic acids is 3. The Morgan fingerprint density at radius 3 is 2.60 bits per heavy atom. The Morgan fingerprint density at radius 1 is 1.24 bits per heavy atom. The van der Waals surface area contributed by atoms with Gasteiger partial charge < -0.3 is 20.9 Å². The molecule has 0 spiro atoms. The molecule has 1 aromatic rings. The molecule has 1 aromatic heterocycles. The molecule has 0 unspecified atom stereocenters. The van der Waals surface area contributed by atoms with Gasteiger partial charge in [0.15, 0.2) is 0 Å². The minimum atomic E-state index is -1.21. The van der Waals surface area contributed by atoms with Gasteiger partial charge in [0.05, 0.1) is 34.7 Å². The van der Waals surface area contributed by atoms with Crippen molar-refractivity contribution < 1.29 is 24.2 Å². The Bertz CT molecular complexity index is 1150. The highest BCUT2D eigenvalue weighted by molar-refractivity contribution is 7.09. The Morgan fingerprint density at radius 2 is 1.95 bits per heavy atom. The molecule has 5 atom stereocenters. The van der Waals surface area contributed by atoms with Crippen LogP contribution >= 0.6 is 11.3 Å². The lowest BCUT2D eigenvalue weighted by Gasteiger charge is -2.36. The van der Waals surface area contributed by atoms with Crippen LogP contribution in [0.4, 0.5) is 0 Å². The summed E-state index contributed by atoms with van der Waals surface area (Å²) < 4.78 is 5.87. The summed E-state index contributed by atoms with van der Waals surface area (Å²) in [5.74, 6) is -2.00. The second-order valence-corrected chi connectivity index (χ2v) is 13.3. The van der Waals surface area contributed by atoms with Crippen molar-refractivity contribution in [2.45, 2.75) is 112 Å². The molecule has 2 heterocycles. The number of ether oxygens (including phenoxy) is 1. The number of hydrogen-bond acceptors (Lipinski definition) is 8. The number of thiazole rings is 1. The first-order valence-electron chi connectivity index (χ1n) is 15.1. The van der Waals surface area contributed by atoms with Crippen molar-refractivity contribution >= 4 is 35.1 Å².